The Hall–Kier alpha value is -1.50. The van der Waals surface area contributed by atoms with Gasteiger partial charge in [0.1, 0.15) is 0 Å². The summed E-state index contributed by atoms with van der Waals surface area (Å²) in [6, 6.07) is 11.6. The molecule has 2 aromatic rings. The molecule has 1 atom stereocenters. The highest BCUT2D eigenvalue weighted by molar-refractivity contribution is 7.99. The van der Waals surface area contributed by atoms with Crippen LogP contribution in [0.3, 0.4) is 0 Å². The molecule has 2 nitrogen and oxygen atoms in total. The van der Waals surface area contributed by atoms with E-state index in [1.54, 1.807) is 12.1 Å². The largest absolute Gasteiger partial charge is 0.416 e. The van der Waals surface area contributed by atoms with Gasteiger partial charge in [-0.3, -0.25) is 0 Å². The van der Waals surface area contributed by atoms with Gasteiger partial charge in [0.2, 0.25) is 0 Å². The van der Waals surface area contributed by atoms with E-state index in [1.165, 1.54) is 24.8 Å². The topological polar surface area (TPSA) is 12.5 Å². The van der Waals surface area contributed by atoms with Crippen LogP contribution in [0.2, 0.25) is 0 Å². The van der Waals surface area contributed by atoms with Gasteiger partial charge in [0, 0.05) is 11.8 Å². The Morgan fingerprint density at radius 2 is 1.65 bits per heavy atom. The van der Waals surface area contributed by atoms with E-state index in [-0.39, 0.29) is 0 Å². The molecule has 1 aliphatic rings. The van der Waals surface area contributed by atoms with Gasteiger partial charge in [0.15, 0.2) is 0 Å². The molecule has 1 unspecified atom stereocenters. The molecule has 0 bridgehead atoms. The molecule has 6 heteroatoms. The van der Waals surface area contributed by atoms with Crippen LogP contribution in [-0.4, -0.2) is 42.6 Å². The summed E-state index contributed by atoms with van der Waals surface area (Å²) in [5.74, 6) is 0. The summed E-state index contributed by atoms with van der Waals surface area (Å²) < 4.78 is 44.7. The summed E-state index contributed by atoms with van der Waals surface area (Å²) in [5.41, 5.74) is 3.45. The van der Waals surface area contributed by atoms with Crippen molar-refractivity contribution in [2.75, 3.05) is 32.5 Å². The summed E-state index contributed by atoms with van der Waals surface area (Å²) >= 11 is 1.83. The molecule has 3 rings (SSSR count). The third-order valence-corrected chi connectivity index (χ3v) is 6.89. The van der Waals surface area contributed by atoms with Gasteiger partial charge >= 0.3 is 6.18 Å². The van der Waals surface area contributed by atoms with E-state index in [2.05, 4.69) is 30.2 Å². The maximum atomic E-state index is 12.9. The van der Waals surface area contributed by atoms with E-state index in [0.29, 0.717) is 18.5 Å². The second-order valence-electron chi connectivity index (χ2n) is 8.26. The predicted molar refractivity (Wildman–Crippen MR) is 124 cm³/mol. The molecule has 0 spiro atoms. The van der Waals surface area contributed by atoms with E-state index in [1.807, 2.05) is 17.8 Å². The molecule has 0 aromatic heterocycles. The van der Waals surface area contributed by atoms with Crippen molar-refractivity contribution in [3.05, 3.63) is 59.2 Å². The summed E-state index contributed by atoms with van der Waals surface area (Å²) in [7, 11) is 0. The fraction of sp³-hybridized carbons (Fsp3) is 0.520. The monoisotopic (exact) mass is 451 g/mol. The van der Waals surface area contributed by atoms with Crippen LogP contribution in [0.25, 0.3) is 11.1 Å². The van der Waals surface area contributed by atoms with Crippen LogP contribution >= 0.6 is 11.8 Å². The average molecular weight is 452 g/mol. The van der Waals surface area contributed by atoms with Crippen molar-refractivity contribution in [3.63, 3.8) is 0 Å². The molecular weight excluding hydrogens is 419 g/mol. The molecular formula is C25H32F3NOS. The molecule has 1 saturated heterocycles. The first kappa shape index (κ1) is 24.1. The van der Waals surface area contributed by atoms with Crippen molar-refractivity contribution in [2.24, 2.45) is 0 Å². The Morgan fingerprint density at radius 3 is 2.29 bits per heavy atom. The minimum atomic E-state index is -4.32. The third kappa shape index (κ3) is 7.26. The molecule has 1 aliphatic heterocycles. The van der Waals surface area contributed by atoms with E-state index >= 15 is 0 Å². The van der Waals surface area contributed by atoms with Crippen molar-refractivity contribution in [3.8, 4) is 11.1 Å². The number of ether oxygens (including phenoxy) is 1. The van der Waals surface area contributed by atoms with Crippen LogP contribution in [0.1, 0.15) is 42.9 Å². The molecule has 0 amide bonds. The Balaban J connectivity index is 1.71. The van der Waals surface area contributed by atoms with Gasteiger partial charge in [0.25, 0.3) is 0 Å². The SMILES string of the molecule is CSC(C)Cc1ccc(-c2ccc(C(F)(F)F)cc2)cc1COCCN1CCCCC1. The number of benzene rings is 2. The molecule has 1 fully saturated rings. The number of piperidine rings is 1. The van der Waals surface area contributed by atoms with Crippen LogP contribution < -0.4 is 0 Å². The first-order chi connectivity index (χ1) is 14.9. The summed E-state index contributed by atoms with van der Waals surface area (Å²) in [6.07, 6.45) is 2.60. The van der Waals surface area contributed by atoms with Gasteiger partial charge < -0.3 is 9.64 Å². The van der Waals surface area contributed by atoms with E-state index in [4.69, 9.17) is 4.74 Å². The standard InChI is InChI=1S/C25H32F3NOS/c1-19(31-2)16-21-6-7-22(20-8-10-24(11-9-20)25(26,27)28)17-23(21)18-30-15-14-29-12-4-3-5-13-29/h6-11,17,19H,3-5,12-16,18H2,1-2H3. The van der Waals surface area contributed by atoms with Gasteiger partial charge in [-0.2, -0.15) is 24.9 Å². The Bertz CT molecular complexity index is 817. The lowest BCUT2D eigenvalue weighted by Crippen LogP contribution is -2.32. The maximum Gasteiger partial charge on any atom is 0.416 e. The highest BCUT2D eigenvalue weighted by Crippen LogP contribution is 2.32. The smallest absolute Gasteiger partial charge is 0.375 e. The summed E-state index contributed by atoms with van der Waals surface area (Å²) in [4.78, 5) is 2.46. The number of hydrogen-bond donors (Lipinski definition) is 0. The van der Waals surface area contributed by atoms with Crippen molar-refractivity contribution in [1.82, 2.24) is 4.90 Å². The van der Waals surface area contributed by atoms with E-state index < -0.39 is 11.7 Å². The van der Waals surface area contributed by atoms with Crippen molar-refractivity contribution < 1.29 is 17.9 Å². The fourth-order valence-corrected chi connectivity index (χ4v) is 4.29. The molecule has 0 N–H and O–H groups in total. The van der Waals surface area contributed by atoms with E-state index in [0.717, 1.165) is 54.9 Å². The quantitative estimate of drug-likeness (QED) is 0.395. The van der Waals surface area contributed by atoms with Crippen LogP contribution in [0.5, 0.6) is 0 Å². The number of rotatable bonds is 9. The van der Waals surface area contributed by atoms with Crippen LogP contribution in [0, 0.1) is 0 Å². The Morgan fingerprint density at radius 1 is 0.968 bits per heavy atom. The minimum absolute atomic E-state index is 0.490. The molecule has 0 saturated carbocycles. The number of hydrogen-bond acceptors (Lipinski definition) is 3. The zero-order chi connectivity index (χ0) is 22.3. The first-order valence-electron chi connectivity index (χ1n) is 11.0. The summed E-state index contributed by atoms with van der Waals surface area (Å²) in [5, 5.41) is 0.490. The zero-order valence-electron chi connectivity index (χ0n) is 18.4. The van der Waals surface area contributed by atoms with Gasteiger partial charge in [0.05, 0.1) is 18.8 Å². The number of alkyl halides is 3. The van der Waals surface area contributed by atoms with E-state index in [9.17, 15) is 13.2 Å². The first-order valence-corrected chi connectivity index (χ1v) is 12.3. The van der Waals surface area contributed by atoms with Gasteiger partial charge in [-0.1, -0.05) is 37.6 Å². The lowest BCUT2D eigenvalue weighted by atomic mass is 9.96. The molecule has 0 radical (unpaired) electrons. The average Bonchev–Trinajstić information content (AvgIpc) is 2.77. The lowest BCUT2D eigenvalue weighted by molar-refractivity contribution is -0.137. The molecule has 2 aromatic carbocycles. The second-order valence-corrected chi connectivity index (χ2v) is 9.54. The highest BCUT2D eigenvalue weighted by Gasteiger charge is 2.30. The highest BCUT2D eigenvalue weighted by atomic mass is 32.2. The third-order valence-electron chi connectivity index (χ3n) is 5.92. The minimum Gasteiger partial charge on any atom is -0.375 e. The number of halogens is 3. The van der Waals surface area contributed by atoms with Gasteiger partial charge in [-0.05, 0) is 79.1 Å². The van der Waals surface area contributed by atoms with Gasteiger partial charge in [-0.15, -0.1) is 0 Å². The fourth-order valence-electron chi connectivity index (χ4n) is 3.94. The predicted octanol–water partition coefficient (Wildman–Crippen LogP) is 6.67. The Kier molecular flexibility index (Phi) is 8.87. The number of thioether (sulfide) groups is 1. The van der Waals surface area contributed by atoms with Crippen LogP contribution in [-0.2, 0) is 23.9 Å². The number of nitrogens with zero attached hydrogens (tertiary/aromatic N) is 1. The molecule has 1 heterocycles. The molecule has 0 aliphatic carbocycles. The lowest BCUT2D eigenvalue weighted by Gasteiger charge is -2.26. The Labute approximate surface area is 188 Å². The maximum absolute atomic E-state index is 12.9. The van der Waals surface area contributed by atoms with Gasteiger partial charge in [-0.25, -0.2) is 0 Å². The zero-order valence-corrected chi connectivity index (χ0v) is 19.2. The van der Waals surface area contributed by atoms with Crippen molar-refractivity contribution in [1.29, 1.82) is 0 Å². The molecule has 170 valence electrons. The summed E-state index contributed by atoms with van der Waals surface area (Å²) in [6.45, 7) is 6.69. The van der Waals surface area contributed by atoms with Crippen molar-refractivity contribution >= 4 is 11.8 Å². The number of likely N-dealkylation sites (tertiary alicyclic amines) is 1. The van der Waals surface area contributed by atoms with Crippen molar-refractivity contribution in [2.45, 2.75) is 50.6 Å². The van der Waals surface area contributed by atoms with Crippen LogP contribution in [0.4, 0.5) is 13.2 Å². The normalized spacial score (nSPS) is 16.4. The molecule has 31 heavy (non-hydrogen) atoms. The van der Waals surface area contributed by atoms with Crippen LogP contribution in [0.15, 0.2) is 42.5 Å². The second kappa shape index (κ2) is 11.4.